The number of amides is 1. The molecule has 2 rings (SSSR count). The number of hydrogen-bond acceptors (Lipinski definition) is 5. The largest absolute Gasteiger partial charge is 0.338 e. The molecule has 1 amide bonds. The molecule has 118 valence electrons. The topological polar surface area (TPSA) is 79.4 Å². The van der Waals surface area contributed by atoms with Gasteiger partial charge < -0.3 is 4.90 Å². The first-order valence-corrected chi connectivity index (χ1v) is 9.67. The lowest BCUT2D eigenvalue weighted by Gasteiger charge is -2.20. The molecule has 1 aliphatic rings. The fourth-order valence-corrected chi connectivity index (χ4v) is 4.41. The van der Waals surface area contributed by atoms with Gasteiger partial charge in [0.2, 0.25) is 15.9 Å². The Hall–Kier alpha value is -0.990. The third-order valence-corrected chi connectivity index (χ3v) is 5.32. The third-order valence-electron chi connectivity index (χ3n) is 3.40. The van der Waals surface area contributed by atoms with Crippen LogP contribution in [0.5, 0.6) is 0 Å². The van der Waals surface area contributed by atoms with Gasteiger partial charge in [-0.3, -0.25) is 4.79 Å². The van der Waals surface area contributed by atoms with Crippen molar-refractivity contribution in [3.63, 3.8) is 0 Å². The first-order chi connectivity index (χ1) is 9.76. The van der Waals surface area contributed by atoms with Gasteiger partial charge >= 0.3 is 0 Å². The molecule has 0 aliphatic heterocycles. The number of thiazole rings is 1. The molecule has 1 N–H and O–H groups in total. The maximum atomic E-state index is 12.1. The van der Waals surface area contributed by atoms with Crippen LogP contribution in [0.3, 0.4) is 0 Å². The molecule has 8 heteroatoms. The molecule has 0 saturated heterocycles. The van der Waals surface area contributed by atoms with Crippen molar-refractivity contribution in [3.8, 4) is 0 Å². The molecule has 0 spiro atoms. The molecular weight excluding hydrogens is 310 g/mol. The van der Waals surface area contributed by atoms with Crippen LogP contribution >= 0.6 is 11.3 Å². The van der Waals surface area contributed by atoms with E-state index in [2.05, 4.69) is 9.71 Å². The van der Waals surface area contributed by atoms with Crippen LogP contribution in [-0.2, 0) is 34.2 Å². The smallest absolute Gasteiger partial charge is 0.240 e. The Bertz CT molecular complexity index is 601. The van der Waals surface area contributed by atoms with Crippen molar-refractivity contribution in [2.24, 2.45) is 0 Å². The minimum absolute atomic E-state index is 0.256. The summed E-state index contributed by atoms with van der Waals surface area (Å²) in [5.74, 6) is -0.256. The molecule has 1 heterocycles. The number of fused-ring (bicyclic) bond motifs is 1. The molecule has 0 saturated carbocycles. The number of sulfonamides is 1. The van der Waals surface area contributed by atoms with Crippen molar-refractivity contribution in [2.75, 3.05) is 13.3 Å². The Morgan fingerprint density at radius 2 is 2.10 bits per heavy atom. The lowest BCUT2D eigenvalue weighted by atomic mass is 10.0. The van der Waals surface area contributed by atoms with E-state index in [4.69, 9.17) is 0 Å². The Balaban J connectivity index is 1.98. The Labute approximate surface area is 129 Å². The summed E-state index contributed by atoms with van der Waals surface area (Å²) in [4.78, 5) is 19.6. The summed E-state index contributed by atoms with van der Waals surface area (Å²) in [6.07, 6.45) is 5.54. The lowest BCUT2D eigenvalue weighted by molar-refractivity contribution is -0.131. The number of nitrogens with one attached hydrogen (secondary N) is 1. The number of carbonyl (C=O) groups is 1. The van der Waals surface area contributed by atoms with E-state index >= 15 is 0 Å². The van der Waals surface area contributed by atoms with Gasteiger partial charge in [0.05, 0.1) is 24.5 Å². The van der Waals surface area contributed by atoms with E-state index in [1.807, 2.05) is 0 Å². The fraction of sp³-hybridized carbons (Fsp3) is 0.692. The van der Waals surface area contributed by atoms with Gasteiger partial charge in [-0.2, -0.15) is 0 Å². The zero-order valence-corrected chi connectivity index (χ0v) is 14.2. The van der Waals surface area contributed by atoms with E-state index in [0.717, 1.165) is 24.1 Å². The van der Waals surface area contributed by atoms with Crippen LogP contribution in [0, 0.1) is 0 Å². The summed E-state index contributed by atoms with van der Waals surface area (Å²) in [5, 5.41) is 0.921. The van der Waals surface area contributed by atoms with Gasteiger partial charge in [0.1, 0.15) is 5.01 Å². The first kappa shape index (κ1) is 16.4. The van der Waals surface area contributed by atoms with Crippen LogP contribution in [0.25, 0.3) is 0 Å². The van der Waals surface area contributed by atoms with Crippen LogP contribution in [0.15, 0.2) is 0 Å². The maximum absolute atomic E-state index is 12.1. The number of carbonyl (C=O) groups excluding carboxylic acids is 1. The Morgan fingerprint density at radius 3 is 2.71 bits per heavy atom. The van der Waals surface area contributed by atoms with Crippen LogP contribution in [0.4, 0.5) is 0 Å². The van der Waals surface area contributed by atoms with Gasteiger partial charge in [0.15, 0.2) is 0 Å². The summed E-state index contributed by atoms with van der Waals surface area (Å²) >= 11 is 1.66. The van der Waals surface area contributed by atoms with Crippen molar-refractivity contribution in [1.29, 1.82) is 0 Å². The quantitative estimate of drug-likeness (QED) is 0.870. The minimum Gasteiger partial charge on any atom is -0.338 e. The lowest BCUT2D eigenvalue weighted by Crippen LogP contribution is -2.44. The van der Waals surface area contributed by atoms with E-state index in [0.29, 0.717) is 6.54 Å². The third kappa shape index (κ3) is 4.49. The van der Waals surface area contributed by atoms with Crippen molar-refractivity contribution in [1.82, 2.24) is 14.6 Å². The summed E-state index contributed by atoms with van der Waals surface area (Å²) < 4.78 is 24.6. The normalized spacial score (nSPS) is 16.3. The minimum atomic E-state index is -3.39. The zero-order valence-electron chi connectivity index (χ0n) is 12.5. The molecule has 1 aliphatic carbocycles. The molecular formula is C13H21N3O3S2. The molecule has 0 fully saturated rings. The summed E-state index contributed by atoms with van der Waals surface area (Å²) in [6.45, 7) is 1.97. The van der Waals surface area contributed by atoms with Crippen molar-refractivity contribution < 1.29 is 13.2 Å². The molecule has 1 aromatic rings. The first-order valence-electron chi connectivity index (χ1n) is 6.96. The van der Waals surface area contributed by atoms with Crippen LogP contribution in [-0.4, -0.2) is 43.6 Å². The zero-order chi connectivity index (χ0) is 15.6. The van der Waals surface area contributed by atoms with Crippen LogP contribution in [0.1, 0.15) is 35.3 Å². The number of nitrogens with zero attached hydrogens (tertiary/aromatic N) is 2. The predicted molar refractivity (Wildman–Crippen MR) is 82.7 cm³/mol. The highest BCUT2D eigenvalue weighted by molar-refractivity contribution is 7.88. The molecule has 1 aromatic heterocycles. The average molecular weight is 331 g/mol. The molecule has 21 heavy (non-hydrogen) atoms. The highest BCUT2D eigenvalue weighted by atomic mass is 32.2. The maximum Gasteiger partial charge on any atom is 0.240 e. The van der Waals surface area contributed by atoms with Crippen molar-refractivity contribution in [2.45, 2.75) is 45.2 Å². The predicted octanol–water partition coefficient (Wildman–Crippen LogP) is 0.918. The van der Waals surface area contributed by atoms with E-state index in [1.54, 1.807) is 25.3 Å². The Kier molecular flexibility index (Phi) is 5.00. The van der Waals surface area contributed by atoms with E-state index in [1.165, 1.54) is 28.3 Å². The van der Waals surface area contributed by atoms with Crippen LogP contribution in [0.2, 0.25) is 0 Å². The average Bonchev–Trinajstić information content (AvgIpc) is 2.77. The number of rotatable bonds is 5. The number of hydrogen-bond donors (Lipinski definition) is 1. The number of likely N-dealkylation sites (N-methyl/N-ethyl adjacent to an activating group) is 1. The standard InChI is InChI=1S/C13H21N3O3S2/c1-9(15-21(3,18)19)13(17)16(2)8-12-14-10-6-4-5-7-11(10)20-12/h9,15H,4-8H2,1-3H3/t9-/m1/s1. The molecule has 0 unspecified atom stereocenters. The van der Waals surface area contributed by atoms with E-state index in [-0.39, 0.29) is 5.91 Å². The molecule has 0 bridgehead atoms. The second-order valence-electron chi connectivity index (χ2n) is 5.49. The van der Waals surface area contributed by atoms with E-state index < -0.39 is 16.1 Å². The van der Waals surface area contributed by atoms with Crippen molar-refractivity contribution in [3.05, 3.63) is 15.6 Å². The van der Waals surface area contributed by atoms with Gasteiger partial charge in [-0.1, -0.05) is 0 Å². The van der Waals surface area contributed by atoms with E-state index in [9.17, 15) is 13.2 Å². The second kappa shape index (κ2) is 6.41. The summed E-state index contributed by atoms with van der Waals surface area (Å²) in [5.41, 5.74) is 1.17. The molecule has 6 nitrogen and oxygen atoms in total. The van der Waals surface area contributed by atoms with Gasteiger partial charge in [-0.05, 0) is 32.6 Å². The molecule has 0 radical (unpaired) electrons. The number of aromatic nitrogens is 1. The SMILES string of the molecule is C[C@@H](NS(C)(=O)=O)C(=O)N(C)Cc1nc2c(s1)CCCC2. The van der Waals surface area contributed by atoms with Crippen molar-refractivity contribution >= 4 is 27.3 Å². The molecule has 1 atom stereocenters. The summed E-state index contributed by atoms with van der Waals surface area (Å²) in [6, 6.07) is -0.764. The fourth-order valence-electron chi connectivity index (χ4n) is 2.46. The van der Waals surface area contributed by atoms with Gasteiger partial charge in [0, 0.05) is 11.9 Å². The highest BCUT2D eigenvalue weighted by Gasteiger charge is 2.22. The monoisotopic (exact) mass is 331 g/mol. The van der Waals surface area contributed by atoms with Gasteiger partial charge in [-0.15, -0.1) is 11.3 Å². The van der Waals surface area contributed by atoms with Gasteiger partial charge in [0.25, 0.3) is 0 Å². The number of aryl methyl sites for hydroxylation is 2. The van der Waals surface area contributed by atoms with Crippen LogP contribution < -0.4 is 4.72 Å². The Morgan fingerprint density at radius 1 is 1.43 bits per heavy atom. The molecule has 0 aromatic carbocycles. The second-order valence-corrected chi connectivity index (χ2v) is 8.44. The summed E-state index contributed by atoms with van der Waals surface area (Å²) in [7, 11) is -1.72. The van der Waals surface area contributed by atoms with Gasteiger partial charge in [-0.25, -0.2) is 18.1 Å². The highest BCUT2D eigenvalue weighted by Crippen LogP contribution is 2.27.